The Balaban J connectivity index is 1.07. The lowest BCUT2D eigenvalue weighted by Crippen LogP contribution is -2.45. The minimum atomic E-state index is -0.0125. The Morgan fingerprint density at radius 1 is 0.875 bits per heavy atom. The largest absolute Gasteiger partial charge is 0.497 e. The number of nitrogens with zero attached hydrogens (tertiary/aromatic N) is 3. The first-order chi connectivity index (χ1) is 19.5. The predicted octanol–water partition coefficient (Wildman–Crippen LogP) is 4.93. The van der Waals surface area contributed by atoms with Gasteiger partial charge >= 0.3 is 6.03 Å². The lowest BCUT2D eigenvalue weighted by atomic mass is 10.0. The molecule has 3 aromatic rings. The van der Waals surface area contributed by atoms with Crippen LogP contribution in [0.3, 0.4) is 0 Å². The summed E-state index contributed by atoms with van der Waals surface area (Å²) in [5, 5.41) is 3.64. The van der Waals surface area contributed by atoms with Crippen LogP contribution in [0.15, 0.2) is 78.9 Å². The summed E-state index contributed by atoms with van der Waals surface area (Å²) in [5.74, 6) is 0.804. The molecule has 2 fully saturated rings. The van der Waals surface area contributed by atoms with E-state index in [0.29, 0.717) is 24.7 Å². The number of hydrogen-bond acceptors (Lipinski definition) is 4. The van der Waals surface area contributed by atoms with Gasteiger partial charge in [-0.05, 0) is 73.2 Å². The Labute approximate surface area is 237 Å². The topological polar surface area (TPSA) is 65.1 Å². The van der Waals surface area contributed by atoms with Crippen LogP contribution in [0.1, 0.15) is 35.2 Å². The smallest absolute Gasteiger partial charge is 0.320 e. The van der Waals surface area contributed by atoms with Crippen LogP contribution in [0.2, 0.25) is 0 Å². The molecule has 7 heteroatoms. The molecule has 7 nitrogen and oxygen atoms in total. The number of rotatable bonds is 9. The number of carbonyl (C=O) groups is 2. The fourth-order valence-electron chi connectivity index (χ4n) is 5.73. The maximum Gasteiger partial charge on any atom is 0.320 e. The fourth-order valence-corrected chi connectivity index (χ4v) is 5.73. The Morgan fingerprint density at radius 2 is 1.52 bits per heavy atom. The van der Waals surface area contributed by atoms with Gasteiger partial charge in [-0.25, -0.2) is 4.79 Å². The van der Waals surface area contributed by atoms with Crippen LogP contribution in [0.4, 0.5) is 4.79 Å². The van der Waals surface area contributed by atoms with Gasteiger partial charge in [0.25, 0.3) is 5.91 Å². The molecule has 2 aliphatic rings. The second kappa shape index (κ2) is 13.0. The van der Waals surface area contributed by atoms with E-state index < -0.39 is 0 Å². The van der Waals surface area contributed by atoms with Crippen LogP contribution < -0.4 is 10.1 Å². The average molecular weight is 541 g/mol. The van der Waals surface area contributed by atoms with Crippen molar-refractivity contribution in [2.75, 3.05) is 46.9 Å². The molecule has 0 aliphatic carbocycles. The first kappa shape index (κ1) is 27.7. The summed E-state index contributed by atoms with van der Waals surface area (Å²) in [6.45, 7) is 3.76. The Bertz CT molecular complexity index is 1260. The Hall–Kier alpha value is -3.84. The van der Waals surface area contributed by atoms with E-state index in [0.717, 1.165) is 62.2 Å². The van der Waals surface area contributed by atoms with E-state index >= 15 is 0 Å². The summed E-state index contributed by atoms with van der Waals surface area (Å²) in [7, 11) is 3.50. The van der Waals surface area contributed by atoms with Gasteiger partial charge in [-0.2, -0.15) is 0 Å². The molecule has 1 N–H and O–H groups in total. The van der Waals surface area contributed by atoms with Crippen molar-refractivity contribution in [3.05, 3.63) is 90.0 Å². The molecule has 2 saturated heterocycles. The highest BCUT2D eigenvalue weighted by Crippen LogP contribution is 2.24. The van der Waals surface area contributed by atoms with Crippen molar-refractivity contribution in [3.8, 4) is 16.9 Å². The van der Waals surface area contributed by atoms with Crippen LogP contribution in [0.25, 0.3) is 11.1 Å². The summed E-state index contributed by atoms with van der Waals surface area (Å²) in [6.07, 6.45) is 3.94. The third kappa shape index (κ3) is 6.65. The molecule has 0 saturated carbocycles. The van der Waals surface area contributed by atoms with Gasteiger partial charge in [0.05, 0.1) is 13.2 Å². The zero-order valence-electron chi connectivity index (χ0n) is 23.6. The first-order valence-corrected chi connectivity index (χ1v) is 14.3. The number of amides is 3. The summed E-state index contributed by atoms with van der Waals surface area (Å²) in [4.78, 5) is 32.2. The lowest BCUT2D eigenvalue weighted by molar-refractivity contribution is 0.0735. The highest BCUT2D eigenvalue weighted by Gasteiger charge is 2.35. The first-order valence-electron chi connectivity index (χ1n) is 14.3. The SMILES string of the molecule is COc1ccc(-c2ccc(C(=O)N(C)[C@H]3CCN(C(=O)N4CC[C@H](NCCCc5ccccc5)C4)C3)cc2)cc1. The molecular formula is C33H40N4O3. The fraction of sp³-hybridized carbons (Fsp3) is 0.394. The molecule has 3 amide bonds. The summed E-state index contributed by atoms with van der Waals surface area (Å²) >= 11 is 0. The normalized spacial score (nSPS) is 18.6. The standard InChI is InChI=1S/C33H40N4O3/c1-35(32(38)28-12-10-26(11-13-28)27-14-16-31(40-2)17-15-27)30-19-22-37(24-30)33(39)36-21-18-29(23-36)34-20-6-9-25-7-4-3-5-8-25/h3-5,7-8,10-17,29-30,34H,6,9,18-24H2,1-2H3/t29-,30-/m0/s1. The zero-order valence-corrected chi connectivity index (χ0v) is 23.6. The molecule has 0 radical (unpaired) electrons. The van der Waals surface area contributed by atoms with Crippen LogP contribution in [0, 0.1) is 0 Å². The number of likely N-dealkylation sites (N-methyl/N-ethyl adjacent to an activating group) is 1. The van der Waals surface area contributed by atoms with Crippen molar-refractivity contribution >= 4 is 11.9 Å². The van der Waals surface area contributed by atoms with Crippen molar-refractivity contribution in [2.45, 2.75) is 37.8 Å². The van der Waals surface area contributed by atoms with Gasteiger partial charge in [-0.1, -0.05) is 54.6 Å². The number of ether oxygens (including phenoxy) is 1. The molecule has 40 heavy (non-hydrogen) atoms. The van der Waals surface area contributed by atoms with Gasteiger partial charge in [0.15, 0.2) is 0 Å². The van der Waals surface area contributed by atoms with Crippen molar-refractivity contribution in [2.24, 2.45) is 0 Å². The lowest BCUT2D eigenvalue weighted by Gasteiger charge is -2.27. The highest BCUT2D eigenvalue weighted by molar-refractivity contribution is 5.95. The number of aryl methyl sites for hydroxylation is 1. The van der Waals surface area contributed by atoms with E-state index in [-0.39, 0.29) is 18.0 Å². The molecule has 0 spiro atoms. The van der Waals surface area contributed by atoms with Gasteiger partial charge in [-0.3, -0.25) is 4.79 Å². The third-order valence-electron chi connectivity index (χ3n) is 8.23. The summed E-state index contributed by atoms with van der Waals surface area (Å²) in [6, 6.07) is 26.6. The predicted molar refractivity (Wildman–Crippen MR) is 159 cm³/mol. The third-order valence-corrected chi connectivity index (χ3v) is 8.23. The molecule has 0 bridgehead atoms. The minimum Gasteiger partial charge on any atom is -0.497 e. The molecule has 2 atom stereocenters. The molecule has 2 aliphatic heterocycles. The van der Waals surface area contributed by atoms with E-state index in [1.54, 1.807) is 12.0 Å². The van der Waals surface area contributed by atoms with E-state index in [1.807, 2.05) is 71.4 Å². The number of nitrogens with one attached hydrogen (secondary N) is 1. The molecule has 210 valence electrons. The summed E-state index contributed by atoms with van der Waals surface area (Å²) < 4.78 is 5.24. The minimum absolute atomic E-state index is 0.0125. The van der Waals surface area contributed by atoms with Crippen LogP contribution in [-0.2, 0) is 6.42 Å². The zero-order chi connectivity index (χ0) is 27.9. The van der Waals surface area contributed by atoms with Crippen LogP contribution in [-0.4, -0.2) is 85.6 Å². The van der Waals surface area contributed by atoms with Crippen molar-refractivity contribution < 1.29 is 14.3 Å². The van der Waals surface area contributed by atoms with Gasteiger partial charge in [0.1, 0.15) is 5.75 Å². The van der Waals surface area contributed by atoms with Gasteiger partial charge in [0, 0.05) is 44.8 Å². The molecule has 5 rings (SSSR count). The Morgan fingerprint density at radius 3 is 2.23 bits per heavy atom. The number of carbonyl (C=O) groups excluding carboxylic acids is 2. The highest BCUT2D eigenvalue weighted by atomic mass is 16.5. The van der Waals surface area contributed by atoms with Gasteiger partial charge in [0.2, 0.25) is 0 Å². The number of methoxy groups -OCH3 is 1. The molecule has 0 unspecified atom stereocenters. The monoisotopic (exact) mass is 540 g/mol. The van der Waals surface area contributed by atoms with Crippen molar-refractivity contribution in [3.63, 3.8) is 0 Å². The quantitative estimate of drug-likeness (QED) is 0.391. The van der Waals surface area contributed by atoms with E-state index in [9.17, 15) is 9.59 Å². The average Bonchev–Trinajstić information content (AvgIpc) is 3.70. The number of urea groups is 1. The van der Waals surface area contributed by atoms with Gasteiger partial charge in [-0.15, -0.1) is 0 Å². The molecule has 2 heterocycles. The second-order valence-corrected chi connectivity index (χ2v) is 10.9. The Kier molecular flexibility index (Phi) is 9.01. The molecule has 3 aromatic carbocycles. The maximum absolute atomic E-state index is 13.2. The molecule has 0 aromatic heterocycles. The maximum atomic E-state index is 13.2. The van der Waals surface area contributed by atoms with Crippen LogP contribution >= 0.6 is 0 Å². The van der Waals surface area contributed by atoms with E-state index in [2.05, 4.69) is 29.6 Å². The summed E-state index contributed by atoms with van der Waals surface area (Å²) in [5.41, 5.74) is 4.15. The van der Waals surface area contributed by atoms with Crippen molar-refractivity contribution in [1.82, 2.24) is 20.0 Å². The van der Waals surface area contributed by atoms with Crippen molar-refractivity contribution in [1.29, 1.82) is 0 Å². The second-order valence-electron chi connectivity index (χ2n) is 10.9. The number of hydrogen-bond donors (Lipinski definition) is 1. The number of benzene rings is 3. The molecular weight excluding hydrogens is 500 g/mol. The van der Waals surface area contributed by atoms with Crippen LogP contribution in [0.5, 0.6) is 5.75 Å². The van der Waals surface area contributed by atoms with E-state index in [4.69, 9.17) is 4.74 Å². The van der Waals surface area contributed by atoms with E-state index in [1.165, 1.54) is 5.56 Å². The number of likely N-dealkylation sites (tertiary alicyclic amines) is 2. The van der Waals surface area contributed by atoms with Gasteiger partial charge < -0.3 is 24.8 Å².